The molecule has 1 aliphatic carbocycles. The van der Waals surface area contributed by atoms with Gasteiger partial charge in [-0.05, 0) is 56.6 Å². The first-order chi connectivity index (χ1) is 12.7. The van der Waals surface area contributed by atoms with E-state index in [9.17, 15) is 0 Å². The lowest BCUT2D eigenvalue weighted by Gasteiger charge is -2.34. The van der Waals surface area contributed by atoms with Gasteiger partial charge in [0, 0.05) is 38.4 Å². The maximum atomic E-state index is 4.98. The fourth-order valence-electron chi connectivity index (χ4n) is 4.30. The molecule has 6 heteroatoms. The van der Waals surface area contributed by atoms with Gasteiger partial charge in [0.2, 0.25) is 0 Å². The van der Waals surface area contributed by atoms with Crippen LogP contribution in [-0.2, 0) is 0 Å². The summed E-state index contributed by atoms with van der Waals surface area (Å²) >= 11 is 0. The zero-order valence-corrected chi connectivity index (χ0v) is 19.2. The number of piperidine rings is 1. The van der Waals surface area contributed by atoms with Crippen molar-refractivity contribution in [2.24, 2.45) is 10.4 Å². The predicted molar refractivity (Wildman–Crippen MR) is 125 cm³/mol. The van der Waals surface area contributed by atoms with Gasteiger partial charge in [0.05, 0.1) is 0 Å². The van der Waals surface area contributed by atoms with Crippen LogP contribution in [0, 0.1) is 5.41 Å². The van der Waals surface area contributed by atoms with E-state index in [1.807, 2.05) is 12.3 Å². The van der Waals surface area contributed by atoms with Crippen LogP contribution in [0.2, 0.25) is 0 Å². The highest BCUT2D eigenvalue weighted by Gasteiger charge is 2.32. The number of guanidine groups is 1. The molecule has 1 aromatic heterocycles. The lowest BCUT2D eigenvalue weighted by molar-refractivity contribution is 0.296. The molecule has 2 N–H and O–H groups in total. The molecule has 2 heterocycles. The highest BCUT2D eigenvalue weighted by molar-refractivity contribution is 14.0. The molecule has 1 aliphatic heterocycles. The highest BCUT2D eigenvalue weighted by atomic mass is 127. The SMILES string of the molecule is CCNC(=NCC1(CC)CCCC1)NC1CCN(c2ccccn2)CC1.I. The summed E-state index contributed by atoms with van der Waals surface area (Å²) in [4.78, 5) is 11.8. The number of anilines is 1. The summed E-state index contributed by atoms with van der Waals surface area (Å²) < 4.78 is 0. The van der Waals surface area contributed by atoms with Crippen LogP contribution >= 0.6 is 24.0 Å². The van der Waals surface area contributed by atoms with Gasteiger partial charge in [-0.25, -0.2) is 4.98 Å². The molecule has 5 nitrogen and oxygen atoms in total. The molecule has 0 radical (unpaired) electrons. The van der Waals surface area contributed by atoms with E-state index in [1.54, 1.807) is 0 Å². The molecule has 1 saturated heterocycles. The summed E-state index contributed by atoms with van der Waals surface area (Å²) in [5.74, 6) is 2.10. The molecule has 2 aliphatic rings. The molecule has 0 spiro atoms. The van der Waals surface area contributed by atoms with E-state index < -0.39 is 0 Å². The first kappa shape index (κ1) is 22.2. The molecule has 0 unspecified atom stereocenters. The fourth-order valence-corrected chi connectivity index (χ4v) is 4.30. The predicted octanol–water partition coefficient (Wildman–Crippen LogP) is 4.19. The number of halogens is 1. The zero-order chi connectivity index (χ0) is 18.2. The van der Waals surface area contributed by atoms with Crippen molar-refractivity contribution < 1.29 is 0 Å². The number of nitrogens with one attached hydrogen (secondary N) is 2. The number of pyridine rings is 1. The van der Waals surface area contributed by atoms with E-state index in [0.717, 1.165) is 50.8 Å². The molecule has 0 aromatic carbocycles. The first-order valence-electron chi connectivity index (χ1n) is 10.5. The Balaban J connectivity index is 0.00000261. The summed E-state index contributed by atoms with van der Waals surface area (Å²) in [5, 5.41) is 7.14. The molecule has 0 amide bonds. The van der Waals surface area contributed by atoms with Gasteiger partial charge in [0.25, 0.3) is 0 Å². The number of aromatic nitrogens is 1. The Hall–Kier alpha value is -1.05. The Morgan fingerprint density at radius 1 is 1.22 bits per heavy atom. The van der Waals surface area contributed by atoms with Crippen LogP contribution in [0.4, 0.5) is 5.82 Å². The van der Waals surface area contributed by atoms with Crippen LogP contribution in [0.25, 0.3) is 0 Å². The largest absolute Gasteiger partial charge is 0.357 e. The number of aliphatic imine (C=N–C) groups is 1. The Morgan fingerprint density at radius 2 is 1.96 bits per heavy atom. The second-order valence-corrected chi connectivity index (χ2v) is 7.85. The second-order valence-electron chi connectivity index (χ2n) is 7.85. The molecule has 0 bridgehead atoms. The van der Waals surface area contributed by atoms with Crippen molar-refractivity contribution in [1.29, 1.82) is 0 Å². The molecule has 3 rings (SSSR count). The van der Waals surface area contributed by atoms with Gasteiger partial charge >= 0.3 is 0 Å². The van der Waals surface area contributed by atoms with Crippen molar-refractivity contribution in [1.82, 2.24) is 15.6 Å². The van der Waals surface area contributed by atoms with E-state index in [1.165, 1.54) is 32.1 Å². The standard InChI is InChI=1S/C21H35N5.HI/c1-3-21(12-6-7-13-21)17-24-20(22-4-2)25-18-10-15-26(16-11-18)19-9-5-8-14-23-19;/h5,8-9,14,18H,3-4,6-7,10-13,15-17H2,1-2H3,(H2,22,24,25);1H. The average molecular weight is 485 g/mol. The normalized spacial score (nSPS) is 20.2. The Bertz CT molecular complexity index is 563. The maximum absolute atomic E-state index is 4.98. The minimum Gasteiger partial charge on any atom is -0.357 e. The van der Waals surface area contributed by atoms with Crippen molar-refractivity contribution >= 4 is 35.8 Å². The monoisotopic (exact) mass is 485 g/mol. The lowest BCUT2D eigenvalue weighted by atomic mass is 9.84. The molecule has 27 heavy (non-hydrogen) atoms. The van der Waals surface area contributed by atoms with Crippen molar-refractivity contribution in [3.8, 4) is 0 Å². The first-order valence-corrected chi connectivity index (χ1v) is 10.5. The van der Waals surface area contributed by atoms with Crippen LogP contribution < -0.4 is 15.5 Å². The molecule has 152 valence electrons. The molecular weight excluding hydrogens is 449 g/mol. The van der Waals surface area contributed by atoms with Gasteiger partial charge < -0.3 is 15.5 Å². The number of nitrogens with zero attached hydrogens (tertiary/aromatic N) is 3. The van der Waals surface area contributed by atoms with Crippen molar-refractivity contribution in [3.63, 3.8) is 0 Å². The van der Waals surface area contributed by atoms with Crippen LogP contribution in [0.3, 0.4) is 0 Å². The smallest absolute Gasteiger partial charge is 0.191 e. The summed E-state index contributed by atoms with van der Waals surface area (Å²) in [6, 6.07) is 6.64. The Labute approximate surface area is 181 Å². The van der Waals surface area contributed by atoms with Gasteiger partial charge in [-0.3, -0.25) is 4.99 Å². The van der Waals surface area contributed by atoms with Crippen LogP contribution in [0.1, 0.15) is 58.8 Å². The fraction of sp³-hybridized carbons (Fsp3) is 0.714. The third kappa shape index (κ3) is 6.22. The van der Waals surface area contributed by atoms with Gasteiger partial charge in [-0.2, -0.15) is 0 Å². The topological polar surface area (TPSA) is 52.6 Å². The number of rotatable bonds is 6. The minimum atomic E-state index is 0. The average Bonchev–Trinajstić information content (AvgIpc) is 3.17. The molecule has 2 fully saturated rings. The van der Waals surface area contributed by atoms with Gasteiger partial charge in [0.15, 0.2) is 5.96 Å². The zero-order valence-electron chi connectivity index (χ0n) is 16.9. The maximum Gasteiger partial charge on any atom is 0.191 e. The summed E-state index contributed by atoms with van der Waals surface area (Å²) in [6.07, 6.45) is 10.8. The Morgan fingerprint density at radius 3 is 2.56 bits per heavy atom. The van der Waals surface area contributed by atoms with Crippen LogP contribution in [0.5, 0.6) is 0 Å². The van der Waals surface area contributed by atoms with Gasteiger partial charge in [0.1, 0.15) is 5.82 Å². The lowest BCUT2D eigenvalue weighted by Crippen LogP contribution is -2.49. The highest BCUT2D eigenvalue weighted by Crippen LogP contribution is 2.41. The molecule has 1 saturated carbocycles. The summed E-state index contributed by atoms with van der Waals surface area (Å²) in [6.45, 7) is 8.45. The van der Waals surface area contributed by atoms with E-state index in [-0.39, 0.29) is 24.0 Å². The summed E-state index contributed by atoms with van der Waals surface area (Å²) in [7, 11) is 0. The Kier molecular flexibility index (Phi) is 9.12. The molecular formula is C21H36IN5. The second kappa shape index (κ2) is 11.1. The summed E-state index contributed by atoms with van der Waals surface area (Å²) in [5.41, 5.74) is 0.449. The van der Waals surface area contributed by atoms with Gasteiger partial charge in [-0.15, -0.1) is 24.0 Å². The quantitative estimate of drug-likeness (QED) is 0.361. The van der Waals surface area contributed by atoms with Crippen LogP contribution in [0.15, 0.2) is 29.4 Å². The van der Waals surface area contributed by atoms with E-state index in [4.69, 9.17) is 4.99 Å². The number of hydrogen-bond acceptors (Lipinski definition) is 3. The third-order valence-corrected chi connectivity index (χ3v) is 6.14. The molecule has 0 atom stereocenters. The van der Waals surface area contributed by atoms with E-state index in [2.05, 4.69) is 46.5 Å². The van der Waals surface area contributed by atoms with E-state index >= 15 is 0 Å². The minimum absolute atomic E-state index is 0. The van der Waals surface area contributed by atoms with Crippen molar-refractivity contribution in [3.05, 3.63) is 24.4 Å². The third-order valence-electron chi connectivity index (χ3n) is 6.14. The van der Waals surface area contributed by atoms with Crippen molar-refractivity contribution in [2.45, 2.75) is 64.8 Å². The van der Waals surface area contributed by atoms with E-state index in [0.29, 0.717) is 11.5 Å². The number of hydrogen-bond donors (Lipinski definition) is 2. The van der Waals surface area contributed by atoms with Crippen molar-refractivity contribution in [2.75, 3.05) is 31.1 Å². The molecule has 1 aromatic rings. The van der Waals surface area contributed by atoms with Crippen LogP contribution in [-0.4, -0.2) is 43.2 Å². The van der Waals surface area contributed by atoms with Gasteiger partial charge in [-0.1, -0.05) is 25.8 Å².